The minimum atomic E-state index is 0. The van der Waals surface area contributed by atoms with E-state index < -0.39 is 0 Å². The molecule has 0 atom stereocenters. The average Bonchev–Trinajstić information content (AvgIpc) is 2.32. The van der Waals surface area contributed by atoms with Crippen LogP contribution in [-0.4, -0.2) is 29.6 Å². The van der Waals surface area contributed by atoms with Crippen LogP contribution in [0.15, 0.2) is 60.7 Å². The van der Waals surface area contributed by atoms with Gasteiger partial charge in [0.25, 0.3) is 0 Å². The van der Waals surface area contributed by atoms with Crippen LogP contribution in [0.4, 0.5) is 0 Å². The van der Waals surface area contributed by atoms with Gasteiger partial charge in [-0.05, 0) is 11.1 Å². The zero-order valence-electron chi connectivity index (χ0n) is 9.60. The summed E-state index contributed by atoms with van der Waals surface area (Å²) in [4.78, 5) is 0. The molecule has 0 saturated carbocycles. The van der Waals surface area contributed by atoms with E-state index in [-0.39, 0.29) is 29.6 Å². The molecule has 0 fully saturated rings. The Bertz CT molecular complexity index is 346. The summed E-state index contributed by atoms with van der Waals surface area (Å²) >= 11 is 1.96. The van der Waals surface area contributed by atoms with Crippen LogP contribution in [0.2, 0.25) is 0 Å². The van der Waals surface area contributed by atoms with Crippen molar-refractivity contribution in [3.63, 3.8) is 0 Å². The molecule has 0 aromatic heterocycles. The van der Waals surface area contributed by atoms with E-state index in [2.05, 4.69) is 60.7 Å². The van der Waals surface area contributed by atoms with E-state index in [4.69, 9.17) is 0 Å². The molecule has 0 saturated heterocycles. The Labute approximate surface area is 124 Å². The normalized spacial score (nSPS) is 9.50. The first-order chi connectivity index (χ1) is 7.45. The maximum absolute atomic E-state index is 2.18. The predicted octanol–water partition coefficient (Wildman–Crippen LogP) is 3.74. The fourth-order valence-electron chi connectivity index (χ4n) is 1.44. The van der Waals surface area contributed by atoms with Gasteiger partial charge in [0.2, 0.25) is 0 Å². The van der Waals surface area contributed by atoms with Gasteiger partial charge < -0.3 is 0 Å². The largest absolute Gasteiger partial charge is 0.152 e. The number of rotatable bonds is 4. The molecular formula is C14H14NaS. The van der Waals surface area contributed by atoms with Gasteiger partial charge in [0, 0.05) is 41.1 Å². The second kappa shape index (κ2) is 7.97. The van der Waals surface area contributed by atoms with Gasteiger partial charge in [-0.25, -0.2) is 0 Å². The van der Waals surface area contributed by atoms with Crippen molar-refractivity contribution in [2.75, 3.05) is 0 Å². The van der Waals surface area contributed by atoms with Crippen molar-refractivity contribution in [3.05, 3.63) is 71.8 Å². The van der Waals surface area contributed by atoms with E-state index in [0.29, 0.717) is 0 Å². The van der Waals surface area contributed by atoms with Crippen molar-refractivity contribution in [1.82, 2.24) is 0 Å². The first-order valence-corrected chi connectivity index (χ1v) is 6.26. The van der Waals surface area contributed by atoms with Crippen molar-refractivity contribution in [3.8, 4) is 0 Å². The quantitative estimate of drug-likeness (QED) is 0.730. The molecule has 2 aromatic rings. The van der Waals surface area contributed by atoms with Gasteiger partial charge in [0.1, 0.15) is 0 Å². The zero-order valence-corrected chi connectivity index (χ0v) is 12.4. The summed E-state index contributed by atoms with van der Waals surface area (Å²) in [5.41, 5.74) is 2.80. The van der Waals surface area contributed by atoms with Gasteiger partial charge >= 0.3 is 0 Å². The zero-order chi connectivity index (χ0) is 10.3. The van der Waals surface area contributed by atoms with E-state index >= 15 is 0 Å². The molecule has 0 aliphatic rings. The van der Waals surface area contributed by atoms with E-state index in [1.807, 2.05) is 11.8 Å². The molecule has 0 spiro atoms. The van der Waals surface area contributed by atoms with Crippen LogP contribution in [0.1, 0.15) is 11.1 Å². The molecule has 2 aromatic carbocycles. The topological polar surface area (TPSA) is 0 Å². The third kappa shape index (κ3) is 4.75. The van der Waals surface area contributed by atoms with Crippen LogP contribution in [-0.2, 0) is 11.5 Å². The van der Waals surface area contributed by atoms with Crippen molar-refractivity contribution in [2.24, 2.45) is 0 Å². The minimum Gasteiger partial charge on any atom is -0.152 e. The molecule has 0 amide bonds. The van der Waals surface area contributed by atoms with Crippen LogP contribution < -0.4 is 0 Å². The van der Waals surface area contributed by atoms with Gasteiger partial charge in [-0.15, -0.1) is 0 Å². The SMILES string of the molecule is [Na].c1ccc(CSCc2ccccc2)cc1. The van der Waals surface area contributed by atoms with E-state index in [0.717, 1.165) is 11.5 Å². The van der Waals surface area contributed by atoms with Crippen LogP contribution in [0.3, 0.4) is 0 Å². The van der Waals surface area contributed by atoms with Crippen LogP contribution in [0.5, 0.6) is 0 Å². The van der Waals surface area contributed by atoms with E-state index in [1.165, 1.54) is 11.1 Å². The van der Waals surface area contributed by atoms with Crippen molar-refractivity contribution in [1.29, 1.82) is 0 Å². The molecular weight excluding hydrogens is 223 g/mol. The Hall–Kier alpha value is -0.210. The van der Waals surface area contributed by atoms with E-state index in [1.54, 1.807) is 0 Å². The fraction of sp³-hybridized carbons (Fsp3) is 0.143. The third-order valence-corrected chi connectivity index (χ3v) is 3.30. The number of benzene rings is 2. The summed E-state index contributed by atoms with van der Waals surface area (Å²) in [6, 6.07) is 21.2. The van der Waals surface area contributed by atoms with Crippen LogP contribution >= 0.6 is 11.8 Å². The summed E-state index contributed by atoms with van der Waals surface area (Å²) in [6.07, 6.45) is 0. The molecule has 77 valence electrons. The summed E-state index contributed by atoms with van der Waals surface area (Å²) in [6.45, 7) is 0. The first-order valence-electron chi connectivity index (χ1n) is 5.11. The second-order valence-corrected chi connectivity index (χ2v) is 4.45. The van der Waals surface area contributed by atoms with Crippen molar-refractivity contribution >= 4 is 41.3 Å². The van der Waals surface area contributed by atoms with Crippen molar-refractivity contribution in [2.45, 2.75) is 11.5 Å². The molecule has 2 heteroatoms. The van der Waals surface area contributed by atoms with Gasteiger partial charge in [-0.2, -0.15) is 11.8 Å². The molecule has 0 aliphatic heterocycles. The first kappa shape index (κ1) is 13.9. The maximum atomic E-state index is 2.18. The summed E-state index contributed by atoms with van der Waals surface area (Å²) in [5, 5.41) is 0. The number of hydrogen-bond acceptors (Lipinski definition) is 1. The van der Waals surface area contributed by atoms with Gasteiger partial charge in [0.15, 0.2) is 0 Å². The molecule has 0 nitrogen and oxygen atoms in total. The van der Waals surface area contributed by atoms with Crippen molar-refractivity contribution < 1.29 is 0 Å². The molecule has 0 N–H and O–H groups in total. The molecule has 2 rings (SSSR count). The monoisotopic (exact) mass is 237 g/mol. The second-order valence-electron chi connectivity index (χ2n) is 3.46. The molecule has 0 aliphatic carbocycles. The van der Waals surface area contributed by atoms with Crippen LogP contribution in [0.25, 0.3) is 0 Å². The molecule has 0 bridgehead atoms. The Morgan fingerprint density at radius 1 is 0.625 bits per heavy atom. The Morgan fingerprint density at radius 2 is 1.00 bits per heavy atom. The Kier molecular flexibility index (Phi) is 6.90. The summed E-state index contributed by atoms with van der Waals surface area (Å²) in [7, 11) is 0. The summed E-state index contributed by atoms with van der Waals surface area (Å²) < 4.78 is 0. The fourth-order valence-corrected chi connectivity index (χ4v) is 2.39. The molecule has 1 radical (unpaired) electrons. The summed E-state index contributed by atoms with van der Waals surface area (Å²) in [5.74, 6) is 2.19. The maximum Gasteiger partial charge on any atom is 0.0187 e. The minimum absolute atomic E-state index is 0. The average molecular weight is 237 g/mol. The third-order valence-electron chi connectivity index (χ3n) is 2.22. The Balaban J connectivity index is 0.00000128. The predicted molar refractivity (Wildman–Crippen MR) is 73.6 cm³/mol. The Morgan fingerprint density at radius 3 is 1.38 bits per heavy atom. The smallest absolute Gasteiger partial charge is 0.0187 e. The number of thioether (sulfide) groups is 1. The van der Waals surface area contributed by atoms with Gasteiger partial charge in [-0.3, -0.25) is 0 Å². The molecule has 0 unspecified atom stereocenters. The van der Waals surface area contributed by atoms with E-state index in [9.17, 15) is 0 Å². The standard InChI is InChI=1S/C14H14S.Na/c1-3-7-13(8-4-1)11-15-12-14-9-5-2-6-10-14;/h1-10H,11-12H2;. The van der Waals surface area contributed by atoms with Gasteiger partial charge in [0.05, 0.1) is 0 Å². The van der Waals surface area contributed by atoms with Crippen LogP contribution in [0, 0.1) is 0 Å². The van der Waals surface area contributed by atoms with Gasteiger partial charge in [-0.1, -0.05) is 60.7 Å². The molecule has 0 heterocycles. The number of hydrogen-bond donors (Lipinski definition) is 0. The molecule has 16 heavy (non-hydrogen) atoms.